The average Bonchev–Trinajstić information content (AvgIpc) is 2.56. The zero-order valence-electron chi connectivity index (χ0n) is 11.5. The molecule has 4 heteroatoms. The number of carbonyl (C=O) groups is 1. The van der Waals surface area contributed by atoms with Gasteiger partial charge in [-0.2, -0.15) is 0 Å². The number of nitrogens with two attached hydrogens (primary N) is 1. The molecular formula is C13H26N2O2. The molecule has 1 aliphatic heterocycles. The standard InChI is InChI=1S/C13H26N2O2/c1-5-17-12(16)13(4,14)6-7-15-8-10(2)11(3)9-15/h10-11H,5-9,14H2,1-4H3. The van der Waals surface area contributed by atoms with Crippen molar-refractivity contribution in [2.24, 2.45) is 17.6 Å². The summed E-state index contributed by atoms with van der Waals surface area (Å²) in [5.74, 6) is 1.18. The highest BCUT2D eigenvalue weighted by Gasteiger charge is 2.32. The van der Waals surface area contributed by atoms with Crippen LogP contribution in [0.25, 0.3) is 0 Å². The number of rotatable bonds is 5. The van der Waals surface area contributed by atoms with E-state index < -0.39 is 5.54 Å². The van der Waals surface area contributed by atoms with Crippen LogP contribution in [0.15, 0.2) is 0 Å². The van der Waals surface area contributed by atoms with Gasteiger partial charge in [0.05, 0.1) is 6.61 Å². The van der Waals surface area contributed by atoms with Gasteiger partial charge >= 0.3 is 5.97 Å². The number of hydrogen-bond acceptors (Lipinski definition) is 4. The first-order chi connectivity index (χ1) is 7.86. The molecule has 0 spiro atoms. The molecule has 17 heavy (non-hydrogen) atoms. The van der Waals surface area contributed by atoms with Gasteiger partial charge in [0.25, 0.3) is 0 Å². The van der Waals surface area contributed by atoms with Crippen molar-refractivity contribution in [2.75, 3.05) is 26.2 Å². The predicted molar refractivity (Wildman–Crippen MR) is 68.6 cm³/mol. The Morgan fingerprint density at radius 1 is 1.41 bits per heavy atom. The maximum absolute atomic E-state index is 11.6. The van der Waals surface area contributed by atoms with Crippen LogP contribution in [0.1, 0.15) is 34.1 Å². The summed E-state index contributed by atoms with van der Waals surface area (Å²) in [6.07, 6.45) is 0.658. The first-order valence-electron chi connectivity index (χ1n) is 6.55. The van der Waals surface area contributed by atoms with Crippen molar-refractivity contribution in [3.63, 3.8) is 0 Å². The van der Waals surface area contributed by atoms with Crippen LogP contribution in [-0.2, 0) is 9.53 Å². The SMILES string of the molecule is CCOC(=O)C(C)(N)CCN1CC(C)C(C)C1. The molecule has 0 aromatic heterocycles. The van der Waals surface area contributed by atoms with E-state index in [4.69, 9.17) is 10.5 Å². The van der Waals surface area contributed by atoms with E-state index in [0.29, 0.717) is 13.0 Å². The summed E-state index contributed by atoms with van der Waals surface area (Å²) >= 11 is 0. The molecule has 0 radical (unpaired) electrons. The minimum Gasteiger partial charge on any atom is -0.465 e. The molecule has 1 aliphatic rings. The second kappa shape index (κ2) is 5.83. The maximum atomic E-state index is 11.6. The molecule has 1 saturated heterocycles. The highest BCUT2D eigenvalue weighted by molar-refractivity contribution is 5.79. The number of likely N-dealkylation sites (tertiary alicyclic amines) is 1. The minimum absolute atomic E-state index is 0.291. The summed E-state index contributed by atoms with van der Waals surface area (Å²) in [6, 6.07) is 0. The molecule has 100 valence electrons. The molecule has 1 heterocycles. The van der Waals surface area contributed by atoms with Crippen LogP contribution in [-0.4, -0.2) is 42.6 Å². The summed E-state index contributed by atoms with van der Waals surface area (Å²) < 4.78 is 4.98. The monoisotopic (exact) mass is 242 g/mol. The first-order valence-corrected chi connectivity index (χ1v) is 6.55. The maximum Gasteiger partial charge on any atom is 0.325 e. The van der Waals surface area contributed by atoms with Crippen LogP contribution in [0.4, 0.5) is 0 Å². The van der Waals surface area contributed by atoms with Gasteiger partial charge in [-0.05, 0) is 32.1 Å². The van der Waals surface area contributed by atoms with Crippen molar-refractivity contribution in [3.05, 3.63) is 0 Å². The number of carbonyl (C=O) groups excluding carboxylic acids is 1. The van der Waals surface area contributed by atoms with Gasteiger partial charge in [0.1, 0.15) is 5.54 Å². The number of ether oxygens (including phenoxy) is 1. The fraction of sp³-hybridized carbons (Fsp3) is 0.923. The smallest absolute Gasteiger partial charge is 0.325 e. The number of esters is 1. The third-order valence-corrected chi connectivity index (χ3v) is 3.75. The van der Waals surface area contributed by atoms with Crippen LogP contribution in [0, 0.1) is 11.8 Å². The summed E-state index contributed by atoms with van der Waals surface area (Å²) in [6.45, 7) is 11.6. The van der Waals surface area contributed by atoms with E-state index >= 15 is 0 Å². The Morgan fingerprint density at radius 3 is 2.41 bits per heavy atom. The van der Waals surface area contributed by atoms with Crippen molar-refractivity contribution in [3.8, 4) is 0 Å². The van der Waals surface area contributed by atoms with Gasteiger partial charge in [0, 0.05) is 19.6 Å². The third-order valence-electron chi connectivity index (χ3n) is 3.75. The number of hydrogen-bond donors (Lipinski definition) is 1. The number of nitrogens with zero attached hydrogens (tertiary/aromatic N) is 1. The van der Waals surface area contributed by atoms with Gasteiger partial charge in [-0.15, -0.1) is 0 Å². The van der Waals surface area contributed by atoms with Crippen molar-refractivity contribution in [2.45, 2.75) is 39.7 Å². The van der Waals surface area contributed by atoms with E-state index in [1.54, 1.807) is 13.8 Å². The molecule has 0 aromatic carbocycles. The lowest BCUT2D eigenvalue weighted by Gasteiger charge is -2.25. The highest BCUT2D eigenvalue weighted by atomic mass is 16.5. The molecule has 0 saturated carbocycles. The summed E-state index contributed by atoms with van der Waals surface area (Å²) in [4.78, 5) is 14.0. The molecule has 4 nitrogen and oxygen atoms in total. The van der Waals surface area contributed by atoms with Gasteiger partial charge in [-0.1, -0.05) is 13.8 Å². The normalized spacial score (nSPS) is 29.0. The molecule has 1 rings (SSSR count). The Hall–Kier alpha value is -0.610. The lowest BCUT2D eigenvalue weighted by atomic mass is 9.99. The van der Waals surface area contributed by atoms with E-state index in [1.165, 1.54) is 0 Å². The van der Waals surface area contributed by atoms with E-state index in [1.807, 2.05) is 0 Å². The van der Waals surface area contributed by atoms with E-state index in [9.17, 15) is 4.79 Å². The van der Waals surface area contributed by atoms with Gasteiger partial charge < -0.3 is 15.4 Å². The Labute approximate surface area is 104 Å². The van der Waals surface area contributed by atoms with E-state index in [2.05, 4.69) is 18.7 Å². The summed E-state index contributed by atoms with van der Waals surface area (Å²) in [5, 5.41) is 0. The van der Waals surface area contributed by atoms with Crippen LogP contribution < -0.4 is 5.73 Å². The van der Waals surface area contributed by atoms with Crippen molar-refractivity contribution < 1.29 is 9.53 Å². The summed E-state index contributed by atoms with van der Waals surface area (Å²) in [7, 11) is 0. The van der Waals surface area contributed by atoms with Crippen LogP contribution in [0.5, 0.6) is 0 Å². The molecule has 1 fully saturated rings. The molecule has 0 aliphatic carbocycles. The van der Waals surface area contributed by atoms with Crippen molar-refractivity contribution in [1.29, 1.82) is 0 Å². The highest BCUT2D eigenvalue weighted by Crippen LogP contribution is 2.23. The molecule has 0 bridgehead atoms. The first kappa shape index (κ1) is 14.5. The van der Waals surface area contributed by atoms with Crippen LogP contribution in [0.3, 0.4) is 0 Å². The van der Waals surface area contributed by atoms with E-state index in [0.717, 1.165) is 31.5 Å². The fourth-order valence-corrected chi connectivity index (χ4v) is 2.22. The zero-order chi connectivity index (χ0) is 13.1. The molecule has 3 atom stereocenters. The third kappa shape index (κ3) is 3.96. The minimum atomic E-state index is -0.856. The summed E-state index contributed by atoms with van der Waals surface area (Å²) in [5.41, 5.74) is 5.14. The van der Waals surface area contributed by atoms with Crippen molar-refractivity contribution >= 4 is 5.97 Å². The van der Waals surface area contributed by atoms with Crippen LogP contribution >= 0.6 is 0 Å². The largest absolute Gasteiger partial charge is 0.465 e. The Bertz CT molecular complexity index is 256. The van der Waals surface area contributed by atoms with Gasteiger partial charge in [-0.25, -0.2) is 0 Å². The Morgan fingerprint density at radius 2 is 1.94 bits per heavy atom. The second-order valence-electron chi connectivity index (χ2n) is 5.60. The lowest BCUT2D eigenvalue weighted by molar-refractivity contribution is -0.149. The lowest BCUT2D eigenvalue weighted by Crippen LogP contribution is -2.48. The molecule has 2 N–H and O–H groups in total. The Balaban J connectivity index is 2.37. The zero-order valence-corrected chi connectivity index (χ0v) is 11.5. The second-order valence-corrected chi connectivity index (χ2v) is 5.60. The van der Waals surface area contributed by atoms with Crippen LogP contribution in [0.2, 0.25) is 0 Å². The van der Waals surface area contributed by atoms with Crippen molar-refractivity contribution in [1.82, 2.24) is 4.90 Å². The van der Waals surface area contributed by atoms with Gasteiger partial charge in [-0.3, -0.25) is 4.79 Å². The van der Waals surface area contributed by atoms with Gasteiger partial charge in [0.15, 0.2) is 0 Å². The average molecular weight is 242 g/mol. The van der Waals surface area contributed by atoms with Gasteiger partial charge in [0.2, 0.25) is 0 Å². The Kier molecular flexibility index (Phi) is 4.95. The molecule has 0 aromatic rings. The fourth-order valence-electron chi connectivity index (χ4n) is 2.22. The molecular weight excluding hydrogens is 216 g/mol. The molecule has 3 unspecified atom stereocenters. The quantitative estimate of drug-likeness (QED) is 0.737. The van der Waals surface area contributed by atoms with E-state index in [-0.39, 0.29) is 5.97 Å². The topological polar surface area (TPSA) is 55.6 Å². The predicted octanol–water partition coefficient (Wildman–Crippen LogP) is 1.24. The molecule has 0 amide bonds.